The number of nitrogens with one attached hydrogen (secondary N) is 1. The molecule has 2 aromatic heterocycles. The molecule has 178 valence electrons. The second-order valence-electron chi connectivity index (χ2n) is 7.51. The number of rotatable bonds is 5. The molecule has 1 saturated heterocycles. The molecule has 1 aliphatic heterocycles. The average molecular weight is 480 g/mol. The number of hydrogen-bond donors (Lipinski definition) is 2. The summed E-state index contributed by atoms with van der Waals surface area (Å²) >= 11 is 0. The number of amides is 1. The minimum Gasteiger partial charge on any atom is -0.406 e. The second kappa shape index (κ2) is 9.21. The van der Waals surface area contributed by atoms with E-state index in [-0.39, 0.29) is 28.9 Å². The predicted octanol–water partition coefficient (Wildman–Crippen LogP) is 4.14. The van der Waals surface area contributed by atoms with Crippen LogP contribution in [0.4, 0.5) is 33.5 Å². The van der Waals surface area contributed by atoms with Crippen molar-refractivity contribution >= 4 is 17.4 Å². The minimum absolute atomic E-state index is 0.0340. The summed E-state index contributed by atoms with van der Waals surface area (Å²) in [7, 11) is 0. The van der Waals surface area contributed by atoms with E-state index in [1.54, 1.807) is 4.90 Å². The molecule has 34 heavy (non-hydrogen) atoms. The summed E-state index contributed by atoms with van der Waals surface area (Å²) in [4.78, 5) is 21.9. The smallest absolute Gasteiger partial charge is 0.406 e. The first-order chi connectivity index (χ1) is 16.1. The maximum absolute atomic E-state index is 13.8. The standard InChI is InChI=1S/C22H17F5N4O3/c23-18-8-12(9-19(24)30-18)17-7-13(10-28-20(17)31-6-5-15(32)11-31)21(33)29-14-1-3-16(4-2-14)34-22(25,26)27/h1-4,7-10,15,32H,5-6,11H2,(H,29,33). The fraction of sp³-hybridized carbons (Fsp3) is 0.227. The van der Waals surface area contributed by atoms with Crippen molar-refractivity contribution in [3.63, 3.8) is 0 Å². The van der Waals surface area contributed by atoms with E-state index in [0.717, 1.165) is 24.3 Å². The fourth-order valence-corrected chi connectivity index (χ4v) is 3.54. The van der Waals surface area contributed by atoms with Gasteiger partial charge in [0.15, 0.2) is 0 Å². The van der Waals surface area contributed by atoms with E-state index in [4.69, 9.17) is 0 Å². The molecule has 1 amide bonds. The van der Waals surface area contributed by atoms with E-state index >= 15 is 0 Å². The molecule has 2 N–H and O–H groups in total. The van der Waals surface area contributed by atoms with Crippen LogP contribution in [0.5, 0.6) is 5.75 Å². The van der Waals surface area contributed by atoms with Crippen LogP contribution in [0.3, 0.4) is 0 Å². The number of aromatic nitrogens is 2. The van der Waals surface area contributed by atoms with Crippen LogP contribution in [0, 0.1) is 11.9 Å². The van der Waals surface area contributed by atoms with Crippen molar-refractivity contribution in [2.75, 3.05) is 23.3 Å². The normalized spacial score (nSPS) is 15.9. The molecule has 7 nitrogen and oxygen atoms in total. The van der Waals surface area contributed by atoms with Crippen LogP contribution in [-0.2, 0) is 0 Å². The van der Waals surface area contributed by atoms with Crippen molar-refractivity contribution in [3.05, 3.63) is 66.1 Å². The lowest BCUT2D eigenvalue weighted by atomic mass is 10.0. The number of pyridine rings is 2. The van der Waals surface area contributed by atoms with E-state index in [2.05, 4.69) is 20.0 Å². The van der Waals surface area contributed by atoms with Crippen LogP contribution in [0.2, 0.25) is 0 Å². The minimum atomic E-state index is -4.84. The molecule has 12 heteroatoms. The maximum atomic E-state index is 13.8. The Morgan fingerprint density at radius 1 is 1.12 bits per heavy atom. The summed E-state index contributed by atoms with van der Waals surface area (Å²) in [6, 6.07) is 7.90. The Morgan fingerprint density at radius 2 is 1.79 bits per heavy atom. The highest BCUT2D eigenvalue weighted by Gasteiger charge is 2.31. The summed E-state index contributed by atoms with van der Waals surface area (Å²) < 4.78 is 68.3. The van der Waals surface area contributed by atoms with Gasteiger partial charge in [0.1, 0.15) is 11.6 Å². The highest BCUT2D eigenvalue weighted by Crippen LogP contribution is 2.33. The summed E-state index contributed by atoms with van der Waals surface area (Å²) in [5.41, 5.74) is 0.564. The fourth-order valence-electron chi connectivity index (χ4n) is 3.54. The third-order valence-corrected chi connectivity index (χ3v) is 5.01. The van der Waals surface area contributed by atoms with Gasteiger partial charge in [-0.1, -0.05) is 0 Å². The van der Waals surface area contributed by atoms with Crippen LogP contribution in [-0.4, -0.2) is 46.5 Å². The lowest BCUT2D eigenvalue weighted by molar-refractivity contribution is -0.274. The molecular weight excluding hydrogens is 463 g/mol. The lowest BCUT2D eigenvalue weighted by Gasteiger charge is -2.21. The van der Waals surface area contributed by atoms with Gasteiger partial charge in [0.05, 0.1) is 11.7 Å². The summed E-state index contributed by atoms with van der Waals surface area (Å²) in [6.07, 6.45) is -3.69. The van der Waals surface area contributed by atoms with E-state index in [9.17, 15) is 31.9 Å². The van der Waals surface area contributed by atoms with Crippen LogP contribution >= 0.6 is 0 Å². The van der Waals surface area contributed by atoms with Crippen LogP contribution in [0.25, 0.3) is 11.1 Å². The predicted molar refractivity (Wildman–Crippen MR) is 111 cm³/mol. The van der Waals surface area contributed by atoms with Gasteiger partial charge in [0.2, 0.25) is 11.9 Å². The highest BCUT2D eigenvalue weighted by atomic mass is 19.4. The lowest BCUT2D eigenvalue weighted by Crippen LogP contribution is -2.23. The zero-order valence-electron chi connectivity index (χ0n) is 17.3. The number of anilines is 2. The largest absolute Gasteiger partial charge is 0.573 e. The number of alkyl halides is 3. The van der Waals surface area contributed by atoms with Gasteiger partial charge in [0, 0.05) is 42.7 Å². The average Bonchev–Trinajstić information content (AvgIpc) is 3.19. The van der Waals surface area contributed by atoms with E-state index in [1.165, 1.54) is 24.4 Å². The molecule has 0 bridgehead atoms. The number of nitrogens with zero attached hydrogens (tertiary/aromatic N) is 3. The Kier molecular flexibility index (Phi) is 6.33. The summed E-state index contributed by atoms with van der Waals surface area (Å²) in [6.45, 7) is 0.711. The van der Waals surface area contributed by atoms with Gasteiger partial charge in [-0.05, 0) is 42.3 Å². The van der Waals surface area contributed by atoms with Gasteiger partial charge >= 0.3 is 6.36 Å². The van der Waals surface area contributed by atoms with Gasteiger partial charge in [0.25, 0.3) is 5.91 Å². The Morgan fingerprint density at radius 3 is 2.38 bits per heavy atom. The maximum Gasteiger partial charge on any atom is 0.573 e. The van der Waals surface area contributed by atoms with Crippen molar-refractivity contribution in [2.24, 2.45) is 0 Å². The van der Waals surface area contributed by atoms with Crippen LogP contribution in [0.1, 0.15) is 16.8 Å². The Balaban J connectivity index is 1.62. The Hall–Kier alpha value is -3.80. The molecule has 0 spiro atoms. The van der Waals surface area contributed by atoms with E-state index in [1.807, 2.05) is 0 Å². The number of aliphatic hydroxyl groups excluding tert-OH is 1. The number of aliphatic hydroxyl groups is 1. The first kappa shape index (κ1) is 23.4. The third kappa shape index (κ3) is 5.57. The van der Waals surface area contributed by atoms with Gasteiger partial charge in [-0.15, -0.1) is 13.2 Å². The molecule has 1 aromatic carbocycles. The quantitative estimate of drug-likeness (QED) is 0.422. The van der Waals surface area contributed by atoms with Gasteiger partial charge < -0.3 is 20.1 Å². The Labute approximate surface area is 189 Å². The molecule has 1 unspecified atom stereocenters. The monoisotopic (exact) mass is 480 g/mol. The summed E-state index contributed by atoms with van der Waals surface area (Å²) in [5, 5.41) is 12.4. The topological polar surface area (TPSA) is 87.6 Å². The van der Waals surface area contributed by atoms with E-state index in [0.29, 0.717) is 18.8 Å². The molecule has 1 aliphatic rings. The van der Waals surface area contributed by atoms with Crippen molar-refractivity contribution in [1.29, 1.82) is 0 Å². The van der Waals surface area contributed by atoms with Crippen LogP contribution < -0.4 is 15.0 Å². The molecule has 3 aromatic rings. The molecule has 0 radical (unpaired) electrons. The number of hydrogen-bond acceptors (Lipinski definition) is 6. The van der Waals surface area contributed by atoms with Crippen molar-refractivity contribution in [1.82, 2.24) is 9.97 Å². The van der Waals surface area contributed by atoms with E-state index < -0.39 is 36.0 Å². The SMILES string of the molecule is O=C(Nc1ccc(OC(F)(F)F)cc1)c1cnc(N2CCC(O)C2)c(-c2cc(F)nc(F)c2)c1. The summed E-state index contributed by atoms with van der Waals surface area (Å²) in [5.74, 6) is -2.89. The number of ether oxygens (including phenoxy) is 1. The molecule has 1 fully saturated rings. The first-order valence-corrected chi connectivity index (χ1v) is 10.0. The van der Waals surface area contributed by atoms with Crippen LogP contribution in [0.15, 0.2) is 48.7 Å². The van der Waals surface area contributed by atoms with Gasteiger partial charge in [-0.25, -0.2) is 4.98 Å². The zero-order chi connectivity index (χ0) is 24.5. The molecule has 1 atom stereocenters. The number of carbonyl (C=O) groups excluding carboxylic acids is 1. The number of β-amino-alcohol motifs (C(OH)–C–C–N with tert-alkyl or cyclic N) is 1. The zero-order valence-corrected chi connectivity index (χ0v) is 17.3. The number of halogens is 5. The molecule has 4 rings (SSSR count). The molecular formula is C22H17F5N4O3. The number of benzene rings is 1. The van der Waals surface area contributed by atoms with Gasteiger partial charge in [-0.2, -0.15) is 13.8 Å². The molecule has 3 heterocycles. The van der Waals surface area contributed by atoms with Crippen molar-refractivity contribution < 1.29 is 36.6 Å². The highest BCUT2D eigenvalue weighted by molar-refractivity contribution is 6.05. The number of carbonyl (C=O) groups is 1. The second-order valence-corrected chi connectivity index (χ2v) is 7.51. The first-order valence-electron chi connectivity index (χ1n) is 10.0. The third-order valence-electron chi connectivity index (χ3n) is 5.01. The van der Waals surface area contributed by atoms with Crippen molar-refractivity contribution in [2.45, 2.75) is 18.9 Å². The Bertz CT molecular complexity index is 1180. The van der Waals surface area contributed by atoms with Gasteiger partial charge in [-0.3, -0.25) is 4.79 Å². The molecule has 0 saturated carbocycles. The van der Waals surface area contributed by atoms with Crippen molar-refractivity contribution in [3.8, 4) is 16.9 Å². The molecule has 0 aliphatic carbocycles.